The molecule has 0 atom stereocenters. The van der Waals surface area contributed by atoms with E-state index in [4.69, 9.17) is 0 Å². The van der Waals surface area contributed by atoms with Gasteiger partial charge in [0.25, 0.3) is 0 Å². The molecule has 0 bridgehead atoms. The molecule has 2 heterocycles. The number of hydrogen-bond donors (Lipinski definition) is 0. The fourth-order valence-electron chi connectivity index (χ4n) is 3.30. The molecule has 2 nitrogen and oxygen atoms in total. The van der Waals surface area contributed by atoms with E-state index in [-0.39, 0.29) is 0 Å². The van der Waals surface area contributed by atoms with E-state index in [1.165, 1.54) is 55.4 Å². The summed E-state index contributed by atoms with van der Waals surface area (Å²) in [6.45, 7) is 6.97. The summed E-state index contributed by atoms with van der Waals surface area (Å²) in [5.74, 6) is 0. The third-order valence-electron chi connectivity index (χ3n) is 4.30. The fourth-order valence-corrected chi connectivity index (χ4v) is 3.30. The first-order chi connectivity index (χ1) is 9.38. The highest BCUT2D eigenvalue weighted by Crippen LogP contribution is 2.22. The molecular weight excluding hydrogens is 232 g/mol. The average Bonchev–Trinajstić information content (AvgIpc) is 2.60. The van der Waals surface area contributed by atoms with Crippen molar-refractivity contribution in [2.45, 2.75) is 45.7 Å². The minimum absolute atomic E-state index is 1.07. The maximum Gasteiger partial charge on any atom is 0.0482 e. The number of aryl methyl sites for hydroxylation is 1. The molecular formula is C17H24N2. The number of rotatable bonds is 3. The van der Waals surface area contributed by atoms with Crippen LogP contribution in [0.4, 0.5) is 0 Å². The fraction of sp³-hybridized carbons (Fsp3) is 0.529. The number of fused-ring (bicyclic) bond motifs is 1. The summed E-state index contributed by atoms with van der Waals surface area (Å²) < 4.78 is 2.47. The zero-order valence-corrected chi connectivity index (χ0v) is 11.9. The van der Waals surface area contributed by atoms with Crippen LogP contribution in [0, 0.1) is 0 Å². The van der Waals surface area contributed by atoms with Crippen molar-refractivity contribution >= 4 is 10.9 Å². The van der Waals surface area contributed by atoms with E-state index < -0.39 is 0 Å². The van der Waals surface area contributed by atoms with Gasteiger partial charge >= 0.3 is 0 Å². The topological polar surface area (TPSA) is 8.17 Å². The van der Waals surface area contributed by atoms with Crippen molar-refractivity contribution in [1.82, 2.24) is 9.47 Å². The van der Waals surface area contributed by atoms with Gasteiger partial charge in [-0.05, 0) is 50.4 Å². The molecule has 0 saturated carbocycles. The Morgan fingerprint density at radius 2 is 1.74 bits per heavy atom. The van der Waals surface area contributed by atoms with E-state index in [0.29, 0.717) is 0 Å². The molecule has 3 rings (SSSR count). The summed E-state index contributed by atoms with van der Waals surface area (Å²) in [6.07, 6.45) is 5.55. The lowest BCUT2D eigenvalue weighted by molar-refractivity contribution is 0.270. The zero-order chi connectivity index (χ0) is 13.1. The van der Waals surface area contributed by atoms with E-state index in [9.17, 15) is 0 Å². The molecule has 0 spiro atoms. The zero-order valence-electron chi connectivity index (χ0n) is 11.9. The molecule has 0 aliphatic carbocycles. The minimum Gasteiger partial charge on any atom is -0.344 e. The van der Waals surface area contributed by atoms with E-state index in [1.807, 2.05) is 0 Å². The maximum atomic E-state index is 2.63. The summed E-state index contributed by atoms with van der Waals surface area (Å²) in [7, 11) is 0. The second-order valence-electron chi connectivity index (χ2n) is 5.63. The Labute approximate surface area is 116 Å². The molecule has 102 valence electrons. The smallest absolute Gasteiger partial charge is 0.0482 e. The second-order valence-corrected chi connectivity index (χ2v) is 5.63. The van der Waals surface area contributed by atoms with Crippen LogP contribution in [0.25, 0.3) is 10.9 Å². The third-order valence-corrected chi connectivity index (χ3v) is 4.30. The van der Waals surface area contributed by atoms with Crippen molar-refractivity contribution in [2.75, 3.05) is 13.1 Å². The van der Waals surface area contributed by atoms with Crippen molar-refractivity contribution in [3.8, 4) is 0 Å². The summed E-state index contributed by atoms with van der Waals surface area (Å²) in [5.41, 5.74) is 2.86. The molecule has 1 aromatic carbocycles. The molecule has 1 aliphatic rings. The molecule has 0 unspecified atom stereocenters. The third kappa shape index (κ3) is 2.69. The van der Waals surface area contributed by atoms with E-state index >= 15 is 0 Å². The molecule has 1 aromatic heterocycles. The Hall–Kier alpha value is -1.28. The van der Waals surface area contributed by atoms with Gasteiger partial charge in [0.15, 0.2) is 0 Å². The number of aromatic nitrogens is 1. The van der Waals surface area contributed by atoms with Crippen LogP contribution in [-0.2, 0) is 13.1 Å². The Morgan fingerprint density at radius 3 is 2.47 bits per heavy atom. The number of para-hydroxylation sites is 1. The molecule has 2 heteroatoms. The van der Waals surface area contributed by atoms with Crippen LogP contribution in [0.1, 0.15) is 38.3 Å². The number of hydrogen-bond acceptors (Lipinski definition) is 1. The Kier molecular flexibility index (Phi) is 3.88. The normalized spacial score (nSPS) is 17.7. The molecule has 19 heavy (non-hydrogen) atoms. The quantitative estimate of drug-likeness (QED) is 0.804. The lowest BCUT2D eigenvalue weighted by Gasteiger charge is -2.20. The van der Waals surface area contributed by atoms with Crippen LogP contribution in [0.5, 0.6) is 0 Å². The standard InChI is InChI=1S/C17H24N2/c1-2-19-16(13-15-9-5-6-10-17(15)19)14-18-11-7-3-4-8-12-18/h5-6,9-10,13H,2-4,7-8,11-12,14H2,1H3. The van der Waals surface area contributed by atoms with Crippen LogP contribution in [-0.4, -0.2) is 22.6 Å². The van der Waals surface area contributed by atoms with Crippen LogP contribution >= 0.6 is 0 Å². The van der Waals surface area contributed by atoms with Crippen LogP contribution in [0.3, 0.4) is 0 Å². The lowest BCUT2D eigenvalue weighted by Crippen LogP contribution is -2.25. The first-order valence-corrected chi connectivity index (χ1v) is 7.68. The predicted octanol–water partition coefficient (Wildman–Crippen LogP) is 4.04. The van der Waals surface area contributed by atoms with Crippen molar-refractivity contribution in [3.05, 3.63) is 36.0 Å². The first kappa shape index (κ1) is 12.7. The van der Waals surface area contributed by atoms with Gasteiger partial charge in [0.2, 0.25) is 0 Å². The predicted molar refractivity (Wildman–Crippen MR) is 81.4 cm³/mol. The summed E-state index contributed by atoms with van der Waals surface area (Å²) >= 11 is 0. The highest BCUT2D eigenvalue weighted by molar-refractivity contribution is 5.81. The molecule has 0 radical (unpaired) electrons. The monoisotopic (exact) mass is 256 g/mol. The lowest BCUT2D eigenvalue weighted by atomic mass is 10.2. The van der Waals surface area contributed by atoms with Crippen molar-refractivity contribution < 1.29 is 0 Å². The molecule has 1 aliphatic heterocycles. The molecule has 1 saturated heterocycles. The SMILES string of the molecule is CCn1c(CN2CCCCCC2)cc2ccccc21. The Balaban J connectivity index is 1.87. The number of nitrogens with zero attached hydrogens (tertiary/aromatic N) is 2. The van der Waals surface area contributed by atoms with Gasteiger partial charge in [-0.25, -0.2) is 0 Å². The average molecular weight is 256 g/mol. The summed E-state index contributed by atoms with van der Waals surface area (Å²) in [4.78, 5) is 2.63. The number of benzene rings is 1. The van der Waals surface area contributed by atoms with Crippen LogP contribution in [0.2, 0.25) is 0 Å². The van der Waals surface area contributed by atoms with Crippen LogP contribution < -0.4 is 0 Å². The van der Waals surface area contributed by atoms with E-state index in [0.717, 1.165) is 13.1 Å². The van der Waals surface area contributed by atoms with Crippen molar-refractivity contribution in [3.63, 3.8) is 0 Å². The Morgan fingerprint density at radius 1 is 1.00 bits per heavy atom. The highest BCUT2D eigenvalue weighted by atomic mass is 15.1. The van der Waals surface area contributed by atoms with E-state index in [1.54, 1.807) is 0 Å². The highest BCUT2D eigenvalue weighted by Gasteiger charge is 2.13. The minimum atomic E-state index is 1.07. The largest absolute Gasteiger partial charge is 0.344 e. The summed E-state index contributed by atoms with van der Waals surface area (Å²) in [6, 6.07) is 11.1. The Bertz CT molecular complexity index is 533. The molecule has 0 amide bonds. The van der Waals surface area contributed by atoms with Gasteiger partial charge in [0.05, 0.1) is 0 Å². The van der Waals surface area contributed by atoms with Crippen molar-refractivity contribution in [2.24, 2.45) is 0 Å². The van der Waals surface area contributed by atoms with Gasteiger partial charge < -0.3 is 4.57 Å². The van der Waals surface area contributed by atoms with Crippen LogP contribution in [0.15, 0.2) is 30.3 Å². The van der Waals surface area contributed by atoms with Gasteiger partial charge in [-0.15, -0.1) is 0 Å². The molecule has 2 aromatic rings. The number of likely N-dealkylation sites (tertiary alicyclic amines) is 1. The maximum absolute atomic E-state index is 2.63. The van der Waals surface area contributed by atoms with Gasteiger partial charge in [-0.1, -0.05) is 31.0 Å². The first-order valence-electron chi connectivity index (χ1n) is 7.68. The van der Waals surface area contributed by atoms with Gasteiger partial charge in [0, 0.05) is 24.3 Å². The second kappa shape index (κ2) is 5.79. The molecule has 1 fully saturated rings. The van der Waals surface area contributed by atoms with Gasteiger partial charge in [0.1, 0.15) is 0 Å². The summed E-state index contributed by atoms with van der Waals surface area (Å²) in [5, 5.41) is 1.38. The molecule has 0 N–H and O–H groups in total. The van der Waals surface area contributed by atoms with Gasteiger partial charge in [-0.2, -0.15) is 0 Å². The van der Waals surface area contributed by atoms with Gasteiger partial charge in [-0.3, -0.25) is 4.90 Å². The van der Waals surface area contributed by atoms with E-state index in [2.05, 4.69) is 46.7 Å². The van der Waals surface area contributed by atoms with Crippen molar-refractivity contribution in [1.29, 1.82) is 0 Å².